The lowest BCUT2D eigenvalue weighted by atomic mass is 10.0. The maximum absolute atomic E-state index is 4.03. The van der Waals surface area contributed by atoms with Gasteiger partial charge < -0.3 is 9.88 Å². The molecule has 0 aromatic carbocycles. The summed E-state index contributed by atoms with van der Waals surface area (Å²) in [5, 5.41) is 3.54. The predicted octanol–water partition coefficient (Wildman–Crippen LogP) is 2.44. The van der Waals surface area contributed by atoms with Crippen molar-refractivity contribution >= 4 is 0 Å². The van der Waals surface area contributed by atoms with Crippen LogP contribution >= 0.6 is 0 Å². The van der Waals surface area contributed by atoms with Crippen molar-refractivity contribution in [1.29, 1.82) is 0 Å². The number of hydrogen-bond acceptors (Lipinski definition) is 2. The van der Waals surface area contributed by atoms with E-state index in [9.17, 15) is 0 Å². The lowest BCUT2D eigenvalue weighted by molar-refractivity contribution is 0.470. The zero-order chi connectivity index (χ0) is 11.1. The van der Waals surface area contributed by atoms with Crippen molar-refractivity contribution < 1.29 is 0 Å². The van der Waals surface area contributed by atoms with Crippen LogP contribution in [0.1, 0.15) is 38.5 Å². The highest BCUT2D eigenvalue weighted by Crippen LogP contribution is 2.26. The maximum Gasteiger partial charge on any atom is 0.0945 e. The van der Waals surface area contributed by atoms with E-state index in [-0.39, 0.29) is 0 Å². The van der Waals surface area contributed by atoms with Crippen LogP contribution in [0.25, 0.3) is 0 Å². The zero-order valence-electron chi connectivity index (χ0n) is 10.1. The molecule has 3 nitrogen and oxygen atoms in total. The number of rotatable bonds is 7. The molecule has 0 bridgehead atoms. The molecule has 1 heterocycles. The maximum atomic E-state index is 4.03. The lowest BCUT2D eigenvalue weighted by Crippen LogP contribution is -2.19. The molecule has 0 unspecified atom stereocenters. The van der Waals surface area contributed by atoms with Gasteiger partial charge in [-0.25, -0.2) is 4.98 Å². The molecule has 0 amide bonds. The number of hydrogen-bond donors (Lipinski definition) is 1. The SMILES string of the molecule is c1cn(CCCNCCC2CCCC2)cn1. The Morgan fingerprint density at radius 1 is 1.25 bits per heavy atom. The Balaban J connectivity index is 1.43. The topological polar surface area (TPSA) is 29.9 Å². The van der Waals surface area contributed by atoms with Crippen LogP contribution in [0.3, 0.4) is 0 Å². The molecule has 1 saturated carbocycles. The number of nitrogens with one attached hydrogen (secondary N) is 1. The van der Waals surface area contributed by atoms with E-state index in [4.69, 9.17) is 0 Å². The van der Waals surface area contributed by atoms with Gasteiger partial charge in [0.15, 0.2) is 0 Å². The van der Waals surface area contributed by atoms with Gasteiger partial charge in [-0.05, 0) is 31.8 Å². The molecule has 1 aliphatic carbocycles. The fraction of sp³-hybridized carbons (Fsp3) is 0.769. The van der Waals surface area contributed by atoms with Crippen molar-refractivity contribution in [3.63, 3.8) is 0 Å². The minimum atomic E-state index is 1.01. The van der Waals surface area contributed by atoms with E-state index in [1.165, 1.54) is 45.1 Å². The Kier molecular flexibility index (Phi) is 4.87. The molecule has 2 rings (SSSR count). The van der Waals surface area contributed by atoms with Crippen LogP contribution in [0.2, 0.25) is 0 Å². The molecule has 16 heavy (non-hydrogen) atoms. The van der Waals surface area contributed by atoms with Crippen molar-refractivity contribution in [1.82, 2.24) is 14.9 Å². The van der Waals surface area contributed by atoms with Gasteiger partial charge in [-0.1, -0.05) is 25.7 Å². The quantitative estimate of drug-likeness (QED) is 0.717. The van der Waals surface area contributed by atoms with Crippen LogP contribution in [-0.2, 0) is 6.54 Å². The van der Waals surface area contributed by atoms with E-state index < -0.39 is 0 Å². The third-order valence-corrected chi connectivity index (χ3v) is 3.53. The van der Waals surface area contributed by atoms with E-state index in [2.05, 4.69) is 14.9 Å². The van der Waals surface area contributed by atoms with Crippen molar-refractivity contribution in [2.24, 2.45) is 5.92 Å². The normalized spacial score (nSPS) is 17.0. The highest BCUT2D eigenvalue weighted by atomic mass is 15.0. The van der Waals surface area contributed by atoms with Gasteiger partial charge in [0.25, 0.3) is 0 Å². The summed E-state index contributed by atoms with van der Waals surface area (Å²) < 4.78 is 2.14. The minimum Gasteiger partial charge on any atom is -0.337 e. The first-order chi connectivity index (χ1) is 7.95. The number of aryl methyl sites for hydroxylation is 1. The second-order valence-corrected chi connectivity index (χ2v) is 4.84. The molecule has 90 valence electrons. The Hall–Kier alpha value is -0.830. The predicted molar refractivity (Wildman–Crippen MR) is 66.3 cm³/mol. The highest BCUT2D eigenvalue weighted by molar-refractivity contribution is 4.74. The molecule has 0 spiro atoms. The van der Waals surface area contributed by atoms with E-state index >= 15 is 0 Å². The molecule has 1 fully saturated rings. The largest absolute Gasteiger partial charge is 0.337 e. The van der Waals surface area contributed by atoms with Crippen LogP contribution in [0, 0.1) is 5.92 Å². The zero-order valence-corrected chi connectivity index (χ0v) is 10.1. The molecule has 0 aliphatic heterocycles. The molecular weight excluding hydrogens is 198 g/mol. The van der Waals surface area contributed by atoms with Gasteiger partial charge in [-0.15, -0.1) is 0 Å². The second kappa shape index (κ2) is 6.69. The van der Waals surface area contributed by atoms with Gasteiger partial charge in [-0.3, -0.25) is 0 Å². The number of imidazole rings is 1. The van der Waals surface area contributed by atoms with Crippen molar-refractivity contribution in [3.05, 3.63) is 18.7 Å². The molecule has 0 radical (unpaired) electrons. The first-order valence-electron chi connectivity index (χ1n) is 6.61. The average molecular weight is 221 g/mol. The monoisotopic (exact) mass is 221 g/mol. The summed E-state index contributed by atoms with van der Waals surface area (Å²) in [7, 11) is 0. The van der Waals surface area contributed by atoms with Crippen LogP contribution in [0.15, 0.2) is 18.7 Å². The van der Waals surface area contributed by atoms with Crippen LogP contribution in [0.5, 0.6) is 0 Å². The van der Waals surface area contributed by atoms with Gasteiger partial charge in [-0.2, -0.15) is 0 Å². The fourth-order valence-electron chi connectivity index (χ4n) is 2.54. The van der Waals surface area contributed by atoms with Gasteiger partial charge in [0.1, 0.15) is 0 Å². The summed E-state index contributed by atoms with van der Waals surface area (Å²) in [4.78, 5) is 4.03. The van der Waals surface area contributed by atoms with Gasteiger partial charge in [0, 0.05) is 18.9 Å². The first-order valence-corrected chi connectivity index (χ1v) is 6.61. The molecule has 1 aromatic rings. The Morgan fingerprint density at radius 2 is 2.12 bits per heavy atom. The minimum absolute atomic E-state index is 1.01. The molecule has 1 aliphatic rings. The summed E-state index contributed by atoms with van der Waals surface area (Å²) >= 11 is 0. The third kappa shape index (κ3) is 3.97. The van der Waals surface area contributed by atoms with Gasteiger partial charge in [0.05, 0.1) is 6.33 Å². The molecule has 1 N–H and O–H groups in total. The summed E-state index contributed by atoms with van der Waals surface area (Å²) in [6.07, 6.45) is 14.2. The van der Waals surface area contributed by atoms with E-state index in [1.54, 1.807) is 0 Å². The summed E-state index contributed by atoms with van der Waals surface area (Å²) in [6.45, 7) is 3.41. The van der Waals surface area contributed by atoms with Gasteiger partial charge in [0.2, 0.25) is 0 Å². The Labute approximate surface area is 98.3 Å². The molecule has 0 atom stereocenters. The Bertz CT molecular complexity index is 263. The van der Waals surface area contributed by atoms with Gasteiger partial charge >= 0.3 is 0 Å². The van der Waals surface area contributed by atoms with E-state index in [1.807, 2.05) is 18.7 Å². The summed E-state index contributed by atoms with van der Waals surface area (Å²) in [6, 6.07) is 0. The Morgan fingerprint density at radius 3 is 2.88 bits per heavy atom. The van der Waals surface area contributed by atoms with Crippen molar-refractivity contribution in [3.8, 4) is 0 Å². The first kappa shape index (κ1) is 11.6. The van der Waals surface area contributed by atoms with E-state index in [0.717, 1.165) is 19.0 Å². The van der Waals surface area contributed by atoms with E-state index in [0.29, 0.717) is 0 Å². The molecular formula is C13H23N3. The highest BCUT2D eigenvalue weighted by Gasteiger charge is 2.13. The summed E-state index contributed by atoms with van der Waals surface area (Å²) in [5.41, 5.74) is 0. The second-order valence-electron chi connectivity index (χ2n) is 4.84. The molecule has 0 saturated heterocycles. The van der Waals surface area contributed by atoms with Crippen molar-refractivity contribution in [2.75, 3.05) is 13.1 Å². The third-order valence-electron chi connectivity index (χ3n) is 3.53. The summed E-state index contributed by atoms with van der Waals surface area (Å²) in [5.74, 6) is 1.01. The average Bonchev–Trinajstić information content (AvgIpc) is 2.96. The van der Waals surface area contributed by atoms with Crippen LogP contribution in [-0.4, -0.2) is 22.6 Å². The van der Waals surface area contributed by atoms with Crippen molar-refractivity contribution in [2.45, 2.75) is 45.1 Å². The lowest BCUT2D eigenvalue weighted by Gasteiger charge is -2.09. The number of nitrogens with zero attached hydrogens (tertiary/aromatic N) is 2. The van der Waals surface area contributed by atoms with Crippen LogP contribution in [0.4, 0.5) is 0 Å². The van der Waals surface area contributed by atoms with Crippen LogP contribution < -0.4 is 5.32 Å². The smallest absolute Gasteiger partial charge is 0.0945 e. The number of aromatic nitrogens is 2. The standard InChI is InChI=1S/C13H23N3/c1-2-5-13(4-1)6-8-14-7-3-10-16-11-9-15-12-16/h9,11-14H,1-8,10H2. The molecule has 3 heteroatoms. The molecule has 1 aromatic heterocycles. The fourth-order valence-corrected chi connectivity index (χ4v) is 2.54.